The Morgan fingerprint density at radius 3 is 1.62 bits per heavy atom. The molecule has 0 atom stereocenters. The van der Waals surface area contributed by atoms with E-state index >= 15 is 0 Å². The van der Waals surface area contributed by atoms with Gasteiger partial charge in [-0.15, -0.1) is 0 Å². The average molecular weight is 365 g/mol. The van der Waals surface area contributed by atoms with Crippen molar-refractivity contribution in [3.05, 3.63) is 0 Å². The van der Waals surface area contributed by atoms with Crippen LogP contribution in [-0.4, -0.2) is 13.2 Å². The molecule has 2 rings (SSSR count). The minimum Gasteiger partial charge on any atom is -0.381 e. The lowest BCUT2D eigenvalue weighted by Crippen LogP contribution is -2.27. The Morgan fingerprint density at radius 1 is 0.577 bits per heavy atom. The van der Waals surface area contributed by atoms with Crippen molar-refractivity contribution in [2.75, 3.05) is 13.2 Å². The van der Waals surface area contributed by atoms with Gasteiger partial charge in [0.2, 0.25) is 0 Å². The van der Waals surface area contributed by atoms with Crippen molar-refractivity contribution in [2.45, 2.75) is 123 Å². The standard InChI is InChI=1S/C25H48O/c1-3-5-6-7-8-9-10-11-12-22-13-17-24(18-14-22)25-19-15-23(16-20-25)21-26-4-2/h22-25H,3-21H2,1-2H3/t22-,23-,24-,25-. The lowest BCUT2D eigenvalue weighted by molar-refractivity contribution is 0.0710. The highest BCUT2D eigenvalue weighted by atomic mass is 16.5. The van der Waals surface area contributed by atoms with E-state index in [1.165, 1.54) is 83.5 Å². The predicted molar refractivity (Wildman–Crippen MR) is 115 cm³/mol. The highest BCUT2D eigenvalue weighted by molar-refractivity contribution is 4.82. The van der Waals surface area contributed by atoms with E-state index in [1.807, 2.05) is 0 Å². The summed E-state index contributed by atoms with van der Waals surface area (Å²) in [4.78, 5) is 0. The van der Waals surface area contributed by atoms with Gasteiger partial charge in [0.15, 0.2) is 0 Å². The second kappa shape index (κ2) is 14.0. The van der Waals surface area contributed by atoms with E-state index in [4.69, 9.17) is 4.74 Å². The molecule has 0 spiro atoms. The number of hydrogen-bond donors (Lipinski definition) is 0. The van der Waals surface area contributed by atoms with Crippen LogP contribution in [0.15, 0.2) is 0 Å². The zero-order valence-corrected chi connectivity index (χ0v) is 18.2. The minimum absolute atomic E-state index is 0.865. The summed E-state index contributed by atoms with van der Waals surface area (Å²) < 4.78 is 5.65. The quantitative estimate of drug-likeness (QED) is 0.299. The fourth-order valence-corrected chi connectivity index (χ4v) is 5.63. The van der Waals surface area contributed by atoms with Crippen LogP contribution in [0.5, 0.6) is 0 Å². The van der Waals surface area contributed by atoms with E-state index < -0.39 is 0 Å². The summed E-state index contributed by atoms with van der Waals surface area (Å²) in [6.45, 7) is 6.34. The van der Waals surface area contributed by atoms with Gasteiger partial charge in [0, 0.05) is 13.2 Å². The van der Waals surface area contributed by atoms with Crippen molar-refractivity contribution in [3.63, 3.8) is 0 Å². The van der Waals surface area contributed by atoms with Gasteiger partial charge in [-0.25, -0.2) is 0 Å². The number of rotatable bonds is 13. The summed E-state index contributed by atoms with van der Waals surface area (Å²) in [5, 5.41) is 0. The third-order valence-corrected chi connectivity index (χ3v) is 7.47. The van der Waals surface area contributed by atoms with Crippen molar-refractivity contribution < 1.29 is 4.74 Å². The highest BCUT2D eigenvalue weighted by Gasteiger charge is 2.30. The molecule has 0 heterocycles. The second-order valence-electron chi connectivity index (χ2n) is 9.48. The summed E-state index contributed by atoms with van der Waals surface area (Å²) in [7, 11) is 0. The third kappa shape index (κ3) is 8.77. The lowest BCUT2D eigenvalue weighted by atomic mass is 9.69. The molecule has 26 heavy (non-hydrogen) atoms. The zero-order valence-electron chi connectivity index (χ0n) is 18.2. The Kier molecular flexibility index (Phi) is 12.0. The van der Waals surface area contributed by atoms with E-state index in [0.717, 1.165) is 36.9 Å². The second-order valence-corrected chi connectivity index (χ2v) is 9.48. The first-order valence-corrected chi connectivity index (χ1v) is 12.4. The van der Waals surface area contributed by atoms with Crippen molar-refractivity contribution in [1.29, 1.82) is 0 Å². The van der Waals surface area contributed by atoms with Crippen LogP contribution < -0.4 is 0 Å². The molecule has 1 nitrogen and oxygen atoms in total. The molecular formula is C25H48O. The summed E-state index contributed by atoms with van der Waals surface area (Å²) in [6.07, 6.45) is 25.3. The fraction of sp³-hybridized carbons (Fsp3) is 1.00. The molecule has 0 aliphatic heterocycles. The zero-order chi connectivity index (χ0) is 18.5. The van der Waals surface area contributed by atoms with Gasteiger partial charge in [0.25, 0.3) is 0 Å². The number of unbranched alkanes of at least 4 members (excludes halogenated alkanes) is 7. The van der Waals surface area contributed by atoms with Crippen LogP contribution >= 0.6 is 0 Å². The molecule has 0 amide bonds. The van der Waals surface area contributed by atoms with Crippen LogP contribution in [-0.2, 0) is 4.74 Å². The minimum atomic E-state index is 0.865. The maximum Gasteiger partial charge on any atom is 0.0494 e. The molecule has 1 heteroatoms. The Balaban J connectivity index is 1.46. The van der Waals surface area contributed by atoms with Crippen LogP contribution in [0.2, 0.25) is 0 Å². The first-order valence-electron chi connectivity index (χ1n) is 12.4. The van der Waals surface area contributed by atoms with E-state index in [-0.39, 0.29) is 0 Å². The molecule has 2 aliphatic carbocycles. The Labute approximate surface area is 165 Å². The van der Waals surface area contributed by atoms with E-state index in [9.17, 15) is 0 Å². The molecule has 0 aromatic carbocycles. The van der Waals surface area contributed by atoms with Crippen LogP contribution in [0.1, 0.15) is 123 Å². The van der Waals surface area contributed by atoms with Gasteiger partial charge in [-0.3, -0.25) is 0 Å². The van der Waals surface area contributed by atoms with Gasteiger partial charge < -0.3 is 4.74 Å². The first kappa shape index (κ1) is 22.3. The van der Waals surface area contributed by atoms with Gasteiger partial charge in [-0.05, 0) is 69.1 Å². The summed E-state index contributed by atoms with van der Waals surface area (Å²) in [6, 6.07) is 0. The van der Waals surface area contributed by atoms with E-state index in [1.54, 1.807) is 25.7 Å². The molecule has 0 bridgehead atoms. The maximum atomic E-state index is 5.65. The van der Waals surface area contributed by atoms with Gasteiger partial charge >= 0.3 is 0 Å². The molecule has 2 aliphatic rings. The molecule has 0 saturated heterocycles. The first-order chi connectivity index (χ1) is 12.8. The lowest BCUT2D eigenvalue weighted by Gasteiger charge is -2.38. The Morgan fingerprint density at radius 2 is 1.08 bits per heavy atom. The molecule has 2 fully saturated rings. The molecule has 0 N–H and O–H groups in total. The predicted octanol–water partition coefficient (Wildman–Crippen LogP) is 8.17. The maximum absolute atomic E-state index is 5.65. The summed E-state index contributed by atoms with van der Waals surface area (Å²) >= 11 is 0. The Bertz CT molecular complexity index is 310. The molecule has 0 unspecified atom stereocenters. The molecule has 154 valence electrons. The van der Waals surface area contributed by atoms with Gasteiger partial charge in [-0.2, -0.15) is 0 Å². The van der Waals surface area contributed by atoms with Crippen LogP contribution in [0.25, 0.3) is 0 Å². The Hall–Kier alpha value is -0.0400. The SMILES string of the molecule is CCCCCCCCCC[C@H]1CC[C@H]([C@H]2CC[C@H](COCC)CC2)CC1. The largest absolute Gasteiger partial charge is 0.381 e. The van der Waals surface area contributed by atoms with Crippen molar-refractivity contribution >= 4 is 0 Å². The molecule has 2 saturated carbocycles. The monoisotopic (exact) mass is 364 g/mol. The average Bonchev–Trinajstić information content (AvgIpc) is 2.69. The van der Waals surface area contributed by atoms with E-state index in [0.29, 0.717) is 0 Å². The van der Waals surface area contributed by atoms with E-state index in [2.05, 4.69) is 13.8 Å². The summed E-state index contributed by atoms with van der Waals surface area (Å²) in [5.41, 5.74) is 0. The van der Waals surface area contributed by atoms with Crippen LogP contribution in [0, 0.1) is 23.7 Å². The summed E-state index contributed by atoms with van der Waals surface area (Å²) in [5.74, 6) is 4.06. The number of ether oxygens (including phenoxy) is 1. The molecule has 0 aromatic rings. The third-order valence-electron chi connectivity index (χ3n) is 7.47. The van der Waals surface area contributed by atoms with Crippen molar-refractivity contribution in [2.24, 2.45) is 23.7 Å². The molecular weight excluding hydrogens is 316 g/mol. The number of hydrogen-bond acceptors (Lipinski definition) is 1. The molecule has 0 aromatic heterocycles. The van der Waals surface area contributed by atoms with Crippen molar-refractivity contribution in [3.8, 4) is 0 Å². The topological polar surface area (TPSA) is 9.23 Å². The molecule has 0 radical (unpaired) electrons. The van der Waals surface area contributed by atoms with Crippen molar-refractivity contribution in [1.82, 2.24) is 0 Å². The van der Waals surface area contributed by atoms with Gasteiger partial charge in [0.05, 0.1) is 0 Å². The van der Waals surface area contributed by atoms with Crippen LogP contribution in [0.4, 0.5) is 0 Å². The van der Waals surface area contributed by atoms with Crippen LogP contribution in [0.3, 0.4) is 0 Å². The highest BCUT2D eigenvalue weighted by Crippen LogP contribution is 2.42. The smallest absolute Gasteiger partial charge is 0.0494 e. The van der Waals surface area contributed by atoms with Gasteiger partial charge in [-0.1, -0.05) is 77.6 Å². The van der Waals surface area contributed by atoms with Gasteiger partial charge in [0.1, 0.15) is 0 Å². The normalized spacial score (nSPS) is 29.8. The fourth-order valence-electron chi connectivity index (χ4n) is 5.63.